The lowest BCUT2D eigenvalue weighted by Crippen LogP contribution is -2.49. The van der Waals surface area contributed by atoms with Crippen LogP contribution >= 0.6 is 0 Å². The van der Waals surface area contributed by atoms with Crippen molar-refractivity contribution in [3.63, 3.8) is 0 Å². The van der Waals surface area contributed by atoms with Gasteiger partial charge in [0.1, 0.15) is 8.07 Å². The molecule has 0 saturated heterocycles. The molecular formula is C56H43NSi. The topological polar surface area (TPSA) is 3.24 Å². The Morgan fingerprint density at radius 1 is 0.345 bits per heavy atom. The Kier molecular flexibility index (Phi) is 9.05. The van der Waals surface area contributed by atoms with Crippen LogP contribution in [0.1, 0.15) is 11.1 Å². The molecule has 0 spiro atoms. The Morgan fingerprint density at radius 3 is 1.47 bits per heavy atom. The molecule has 0 N–H and O–H groups in total. The fourth-order valence-electron chi connectivity index (χ4n) is 8.93. The van der Waals surface area contributed by atoms with Crippen LogP contribution in [0.3, 0.4) is 0 Å². The van der Waals surface area contributed by atoms with Crippen LogP contribution in [0.15, 0.2) is 212 Å². The highest BCUT2D eigenvalue weighted by molar-refractivity contribution is 7.03. The van der Waals surface area contributed by atoms with E-state index >= 15 is 0 Å². The van der Waals surface area contributed by atoms with E-state index in [1.165, 1.54) is 82.5 Å². The third-order valence-corrected chi connectivity index (χ3v) is 15.4. The van der Waals surface area contributed by atoms with Gasteiger partial charge in [-0.1, -0.05) is 195 Å². The first-order valence-electron chi connectivity index (χ1n) is 20.2. The van der Waals surface area contributed by atoms with Crippen molar-refractivity contribution in [1.82, 2.24) is 0 Å². The van der Waals surface area contributed by atoms with Crippen LogP contribution in [0, 0.1) is 0 Å². The predicted octanol–water partition coefficient (Wildman–Crippen LogP) is 14.3. The molecule has 10 rings (SSSR count). The van der Waals surface area contributed by atoms with Gasteiger partial charge in [-0.05, 0) is 119 Å². The summed E-state index contributed by atoms with van der Waals surface area (Å²) < 4.78 is 0. The molecule has 9 aromatic rings. The van der Waals surface area contributed by atoms with Crippen molar-refractivity contribution in [2.45, 2.75) is 13.1 Å². The molecule has 0 aliphatic carbocycles. The first kappa shape index (κ1) is 35.4. The molecule has 0 fully saturated rings. The van der Waals surface area contributed by atoms with E-state index < -0.39 is 8.07 Å². The Morgan fingerprint density at radius 2 is 0.828 bits per heavy atom. The molecule has 1 heterocycles. The van der Waals surface area contributed by atoms with Crippen molar-refractivity contribution in [2.24, 2.45) is 0 Å². The molecule has 1 aliphatic rings. The van der Waals surface area contributed by atoms with Gasteiger partial charge < -0.3 is 4.90 Å². The molecular weight excluding hydrogens is 715 g/mol. The minimum absolute atomic E-state index is 1.16. The molecule has 2 heteroatoms. The molecule has 0 radical (unpaired) electrons. The van der Waals surface area contributed by atoms with E-state index in [1.807, 2.05) is 0 Å². The van der Waals surface area contributed by atoms with Gasteiger partial charge >= 0.3 is 0 Å². The molecule has 276 valence electrons. The summed E-state index contributed by atoms with van der Waals surface area (Å²) in [5, 5.41) is 5.52. The number of fused-ring (bicyclic) bond motifs is 4. The van der Waals surface area contributed by atoms with E-state index in [-0.39, 0.29) is 0 Å². The second-order valence-corrected chi connectivity index (χ2v) is 20.1. The number of anilines is 3. The largest absolute Gasteiger partial charge is 0.311 e. The van der Waals surface area contributed by atoms with Gasteiger partial charge in [0.05, 0.1) is 0 Å². The smallest absolute Gasteiger partial charge is 0.113 e. The van der Waals surface area contributed by atoms with E-state index in [0.29, 0.717) is 0 Å². The average molecular weight is 758 g/mol. The second-order valence-electron chi connectivity index (χ2n) is 15.7. The third-order valence-electron chi connectivity index (χ3n) is 11.9. The van der Waals surface area contributed by atoms with Crippen molar-refractivity contribution in [3.8, 4) is 44.5 Å². The summed E-state index contributed by atoms with van der Waals surface area (Å²) in [6.07, 6.45) is 4.53. The number of para-hydroxylation sites is 2. The standard InChI is InChI=1S/C56H43NSi/c1-58(2)54-37-41(31-35-49(54)50-36-34-47(38-55(50)58)57(45-21-11-5-12-22-45)46-23-13-6-14-24-46)28-27-40-29-32-43(33-30-40)53-39-52(42-17-7-3-8-18-42)48-25-15-16-26-51(48)56(53)44-19-9-4-10-20-44/h3-39H,1-2H3. The average Bonchev–Trinajstić information content (AvgIpc) is 3.51. The van der Waals surface area contributed by atoms with E-state index in [2.05, 4.69) is 242 Å². The minimum atomic E-state index is -1.99. The number of hydrogen-bond donors (Lipinski definition) is 0. The first-order chi connectivity index (χ1) is 28.5. The van der Waals surface area contributed by atoms with Crippen molar-refractivity contribution in [1.29, 1.82) is 0 Å². The molecule has 0 bridgehead atoms. The highest BCUT2D eigenvalue weighted by Crippen LogP contribution is 2.43. The molecule has 1 nitrogen and oxygen atoms in total. The summed E-state index contributed by atoms with van der Waals surface area (Å²) in [6, 6.07) is 77.5. The predicted molar refractivity (Wildman–Crippen MR) is 252 cm³/mol. The maximum atomic E-state index is 2.50. The Hall–Kier alpha value is -7.00. The van der Waals surface area contributed by atoms with Crippen LogP contribution in [-0.4, -0.2) is 8.07 Å². The lowest BCUT2D eigenvalue weighted by Gasteiger charge is -2.27. The van der Waals surface area contributed by atoms with Crippen molar-refractivity contribution < 1.29 is 0 Å². The molecule has 0 saturated carbocycles. The van der Waals surface area contributed by atoms with Crippen LogP contribution in [0.5, 0.6) is 0 Å². The Balaban J connectivity index is 0.972. The van der Waals surface area contributed by atoms with Crippen LogP contribution < -0.4 is 15.3 Å². The van der Waals surface area contributed by atoms with Gasteiger partial charge in [-0.15, -0.1) is 0 Å². The summed E-state index contributed by atoms with van der Waals surface area (Å²) in [7, 11) is -1.99. The van der Waals surface area contributed by atoms with Crippen molar-refractivity contribution in [3.05, 3.63) is 223 Å². The highest BCUT2D eigenvalue weighted by Gasteiger charge is 2.38. The van der Waals surface area contributed by atoms with Gasteiger partial charge in [-0.2, -0.15) is 0 Å². The number of hydrogen-bond acceptors (Lipinski definition) is 1. The summed E-state index contributed by atoms with van der Waals surface area (Å²) in [5.74, 6) is 0. The van der Waals surface area contributed by atoms with Crippen LogP contribution in [-0.2, 0) is 0 Å². The van der Waals surface area contributed by atoms with E-state index in [9.17, 15) is 0 Å². The molecule has 1 aliphatic heterocycles. The maximum absolute atomic E-state index is 2.50. The summed E-state index contributed by atoms with van der Waals surface area (Å²) in [6.45, 7) is 5.01. The zero-order chi connectivity index (χ0) is 39.1. The SMILES string of the molecule is C[Si]1(C)c2cc(C=Cc3ccc(-c4cc(-c5ccccc5)c5ccccc5c4-c4ccccc4)cc3)ccc2-c2ccc(N(c3ccccc3)c3ccccc3)cc21. The lowest BCUT2D eigenvalue weighted by atomic mass is 9.85. The number of nitrogens with zero attached hydrogens (tertiary/aromatic N) is 1. The summed E-state index contributed by atoms with van der Waals surface area (Å²) in [4.78, 5) is 2.37. The first-order valence-corrected chi connectivity index (χ1v) is 23.2. The third kappa shape index (κ3) is 6.38. The molecule has 9 aromatic carbocycles. The minimum Gasteiger partial charge on any atom is -0.311 e. The lowest BCUT2D eigenvalue weighted by molar-refractivity contribution is 1.29. The highest BCUT2D eigenvalue weighted by atomic mass is 28.3. The molecule has 0 aromatic heterocycles. The van der Waals surface area contributed by atoms with Crippen LogP contribution in [0.2, 0.25) is 13.1 Å². The Bertz CT molecular complexity index is 2890. The quantitative estimate of drug-likeness (QED) is 0.110. The van der Waals surface area contributed by atoms with Gasteiger partial charge in [0.2, 0.25) is 0 Å². The maximum Gasteiger partial charge on any atom is 0.113 e. The summed E-state index contributed by atoms with van der Waals surface area (Å²) >= 11 is 0. The molecule has 0 atom stereocenters. The number of rotatable bonds is 8. The van der Waals surface area contributed by atoms with Gasteiger partial charge in [0.15, 0.2) is 0 Å². The number of benzene rings is 9. The van der Waals surface area contributed by atoms with Crippen LogP contribution in [0.25, 0.3) is 67.4 Å². The van der Waals surface area contributed by atoms with E-state index in [4.69, 9.17) is 0 Å². The zero-order valence-corrected chi connectivity index (χ0v) is 33.8. The summed E-state index contributed by atoms with van der Waals surface area (Å²) in [5.41, 5.74) is 16.1. The fourth-order valence-corrected chi connectivity index (χ4v) is 12.0. The molecule has 0 unspecified atom stereocenters. The van der Waals surface area contributed by atoms with Crippen LogP contribution in [0.4, 0.5) is 17.1 Å². The van der Waals surface area contributed by atoms with Crippen molar-refractivity contribution in [2.75, 3.05) is 4.90 Å². The van der Waals surface area contributed by atoms with Crippen molar-refractivity contribution >= 4 is 58.4 Å². The van der Waals surface area contributed by atoms with Gasteiger partial charge in [0.25, 0.3) is 0 Å². The van der Waals surface area contributed by atoms with E-state index in [1.54, 1.807) is 0 Å². The zero-order valence-electron chi connectivity index (χ0n) is 32.8. The van der Waals surface area contributed by atoms with Gasteiger partial charge in [0, 0.05) is 17.1 Å². The fraction of sp³-hybridized carbons (Fsp3) is 0.0357. The second kappa shape index (κ2) is 14.8. The van der Waals surface area contributed by atoms with E-state index in [0.717, 1.165) is 11.4 Å². The normalized spacial score (nSPS) is 12.7. The van der Waals surface area contributed by atoms with Gasteiger partial charge in [-0.3, -0.25) is 0 Å². The molecule has 0 amide bonds. The molecule has 58 heavy (non-hydrogen) atoms. The Labute approximate surface area is 342 Å². The monoisotopic (exact) mass is 757 g/mol. The van der Waals surface area contributed by atoms with Gasteiger partial charge in [-0.25, -0.2) is 0 Å².